The number of Topliss-reactive ketones (excluding diaryl/α,β-unsaturated/α-hetero) is 1. The Labute approximate surface area is 84.9 Å². The van der Waals surface area contributed by atoms with E-state index >= 15 is 0 Å². The van der Waals surface area contributed by atoms with E-state index in [9.17, 15) is 4.79 Å². The minimum absolute atomic E-state index is 0.100. The molecule has 0 aliphatic heterocycles. The van der Waals surface area contributed by atoms with Crippen LogP contribution < -0.4 is 4.74 Å². The highest BCUT2D eigenvalue weighted by atomic mass is 16.5. The molecule has 1 aromatic rings. The highest BCUT2D eigenvalue weighted by Gasteiger charge is 2.12. The Balaban J connectivity index is 2.81. The van der Waals surface area contributed by atoms with E-state index in [4.69, 9.17) is 4.74 Å². The zero-order valence-electron chi connectivity index (χ0n) is 8.91. The van der Waals surface area contributed by atoms with Gasteiger partial charge in [0.1, 0.15) is 5.75 Å². The molecule has 0 bridgehead atoms. The molecule has 2 heteroatoms. The Bertz CT molecular complexity index is 301. The van der Waals surface area contributed by atoms with Crippen molar-refractivity contribution in [2.75, 3.05) is 7.11 Å². The van der Waals surface area contributed by atoms with E-state index < -0.39 is 0 Å². The van der Waals surface area contributed by atoms with Crippen LogP contribution in [0.4, 0.5) is 0 Å². The summed E-state index contributed by atoms with van der Waals surface area (Å²) in [7, 11) is 1.62. The maximum absolute atomic E-state index is 11.7. The maximum Gasteiger partial charge on any atom is 0.165 e. The molecule has 0 aliphatic carbocycles. The molecule has 2 nitrogen and oxygen atoms in total. The lowest BCUT2D eigenvalue weighted by atomic mass is 9.97. The Morgan fingerprint density at radius 3 is 2.36 bits per heavy atom. The van der Waals surface area contributed by atoms with Crippen molar-refractivity contribution in [1.82, 2.24) is 0 Å². The van der Waals surface area contributed by atoms with Crippen LogP contribution in [0.1, 0.15) is 30.6 Å². The van der Waals surface area contributed by atoms with Gasteiger partial charge < -0.3 is 4.74 Å². The molecule has 0 fully saturated rings. The van der Waals surface area contributed by atoms with Gasteiger partial charge in [0, 0.05) is 11.5 Å². The molecule has 76 valence electrons. The first-order valence-corrected chi connectivity index (χ1v) is 4.87. The lowest BCUT2D eigenvalue weighted by molar-refractivity contribution is 0.0927. The smallest absolute Gasteiger partial charge is 0.165 e. The molecule has 0 spiro atoms. The van der Waals surface area contributed by atoms with Crippen LogP contribution in [0.15, 0.2) is 24.3 Å². The molecule has 0 amide bonds. The molecule has 0 heterocycles. The Morgan fingerprint density at radius 1 is 1.36 bits per heavy atom. The molecule has 0 saturated carbocycles. The molecule has 1 rings (SSSR count). The van der Waals surface area contributed by atoms with Gasteiger partial charge in [0.2, 0.25) is 0 Å². The van der Waals surface area contributed by atoms with Gasteiger partial charge >= 0.3 is 0 Å². The van der Waals surface area contributed by atoms with Gasteiger partial charge in [0.25, 0.3) is 0 Å². The van der Waals surface area contributed by atoms with Crippen molar-refractivity contribution in [1.29, 1.82) is 0 Å². The van der Waals surface area contributed by atoms with Crippen LogP contribution in [-0.2, 0) is 0 Å². The summed E-state index contributed by atoms with van der Waals surface area (Å²) < 4.78 is 5.02. The van der Waals surface area contributed by atoms with Crippen molar-refractivity contribution in [2.45, 2.75) is 20.3 Å². The molecule has 0 aromatic heterocycles. The number of rotatable bonds is 4. The fourth-order valence-electron chi connectivity index (χ4n) is 1.23. The topological polar surface area (TPSA) is 26.3 Å². The molecule has 0 N–H and O–H groups in total. The number of ketones is 1. The van der Waals surface area contributed by atoms with E-state index in [0.29, 0.717) is 0 Å². The SMILES string of the molecule is CCC(C)C(=O)c1ccc(OC)cc1. The summed E-state index contributed by atoms with van der Waals surface area (Å²) in [5.41, 5.74) is 0.764. The summed E-state index contributed by atoms with van der Waals surface area (Å²) in [5.74, 6) is 1.09. The summed E-state index contributed by atoms with van der Waals surface area (Å²) in [6, 6.07) is 7.26. The summed E-state index contributed by atoms with van der Waals surface area (Å²) >= 11 is 0. The molecule has 14 heavy (non-hydrogen) atoms. The van der Waals surface area contributed by atoms with E-state index in [-0.39, 0.29) is 11.7 Å². The standard InChI is InChI=1S/C12H16O2/c1-4-9(2)12(13)10-5-7-11(14-3)8-6-10/h5-9H,4H2,1-3H3. The summed E-state index contributed by atoms with van der Waals surface area (Å²) in [6.07, 6.45) is 0.880. The molecule has 1 unspecified atom stereocenters. The average Bonchev–Trinajstić information content (AvgIpc) is 2.27. The van der Waals surface area contributed by atoms with Crippen molar-refractivity contribution >= 4 is 5.78 Å². The Kier molecular flexibility index (Phi) is 3.69. The van der Waals surface area contributed by atoms with Crippen molar-refractivity contribution in [2.24, 2.45) is 5.92 Å². The highest BCUT2D eigenvalue weighted by molar-refractivity contribution is 5.97. The maximum atomic E-state index is 11.7. The quantitative estimate of drug-likeness (QED) is 0.685. The van der Waals surface area contributed by atoms with Crippen molar-refractivity contribution in [3.8, 4) is 5.75 Å². The number of carbonyl (C=O) groups is 1. The second kappa shape index (κ2) is 4.80. The van der Waals surface area contributed by atoms with E-state index in [2.05, 4.69) is 0 Å². The van der Waals surface area contributed by atoms with Gasteiger partial charge in [-0.1, -0.05) is 13.8 Å². The molecule has 0 radical (unpaired) electrons. The zero-order valence-corrected chi connectivity index (χ0v) is 8.91. The van der Waals surface area contributed by atoms with Crippen LogP contribution in [0.5, 0.6) is 5.75 Å². The third-order valence-corrected chi connectivity index (χ3v) is 2.43. The number of hydrogen-bond donors (Lipinski definition) is 0. The van der Waals surface area contributed by atoms with Gasteiger partial charge in [-0.2, -0.15) is 0 Å². The van der Waals surface area contributed by atoms with Gasteiger partial charge in [-0.05, 0) is 30.7 Å². The van der Waals surface area contributed by atoms with Crippen LogP contribution in [0.2, 0.25) is 0 Å². The third kappa shape index (κ3) is 2.34. The van der Waals surface area contributed by atoms with E-state index in [1.807, 2.05) is 38.1 Å². The second-order valence-corrected chi connectivity index (χ2v) is 3.40. The van der Waals surface area contributed by atoms with Crippen LogP contribution in [0, 0.1) is 5.92 Å². The minimum Gasteiger partial charge on any atom is -0.497 e. The number of hydrogen-bond acceptors (Lipinski definition) is 2. The van der Waals surface area contributed by atoms with Crippen molar-refractivity contribution in [3.63, 3.8) is 0 Å². The summed E-state index contributed by atoms with van der Waals surface area (Å²) in [5, 5.41) is 0. The van der Waals surface area contributed by atoms with Gasteiger partial charge in [-0.25, -0.2) is 0 Å². The monoisotopic (exact) mass is 192 g/mol. The predicted molar refractivity (Wildman–Crippen MR) is 56.8 cm³/mol. The molecule has 0 aliphatic rings. The Hall–Kier alpha value is -1.31. The van der Waals surface area contributed by atoms with Crippen molar-refractivity contribution in [3.05, 3.63) is 29.8 Å². The average molecular weight is 192 g/mol. The van der Waals surface area contributed by atoms with Crippen LogP contribution in [0.3, 0.4) is 0 Å². The van der Waals surface area contributed by atoms with Gasteiger partial charge in [-0.15, -0.1) is 0 Å². The van der Waals surface area contributed by atoms with E-state index in [1.54, 1.807) is 7.11 Å². The molecule has 1 aromatic carbocycles. The first kappa shape index (κ1) is 10.8. The van der Waals surface area contributed by atoms with Crippen LogP contribution in [0.25, 0.3) is 0 Å². The number of carbonyl (C=O) groups excluding carboxylic acids is 1. The van der Waals surface area contributed by atoms with E-state index in [0.717, 1.165) is 17.7 Å². The fraction of sp³-hybridized carbons (Fsp3) is 0.417. The first-order valence-electron chi connectivity index (χ1n) is 4.87. The van der Waals surface area contributed by atoms with Gasteiger partial charge in [0.15, 0.2) is 5.78 Å². The molecular formula is C12H16O2. The molecule has 0 saturated heterocycles. The highest BCUT2D eigenvalue weighted by Crippen LogP contribution is 2.15. The Morgan fingerprint density at radius 2 is 1.93 bits per heavy atom. The summed E-state index contributed by atoms with van der Waals surface area (Å²) in [6.45, 7) is 3.97. The van der Waals surface area contributed by atoms with Crippen LogP contribution >= 0.6 is 0 Å². The lowest BCUT2D eigenvalue weighted by Gasteiger charge is -2.07. The fourth-order valence-corrected chi connectivity index (χ4v) is 1.23. The van der Waals surface area contributed by atoms with E-state index in [1.165, 1.54) is 0 Å². The second-order valence-electron chi connectivity index (χ2n) is 3.40. The number of ether oxygens (including phenoxy) is 1. The normalized spacial score (nSPS) is 12.2. The number of benzene rings is 1. The van der Waals surface area contributed by atoms with Crippen LogP contribution in [-0.4, -0.2) is 12.9 Å². The molecular weight excluding hydrogens is 176 g/mol. The minimum atomic E-state index is 0.100. The van der Waals surface area contributed by atoms with Crippen molar-refractivity contribution < 1.29 is 9.53 Å². The summed E-state index contributed by atoms with van der Waals surface area (Å²) in [4.78, 5) is 11.7. The lowest BCUT2D eigenvalue weighted by Crippen LogP contribution is -2.09. The molecule has 1 atom stereocenters. The third-order valence-electron chi connectivity index (χ3n) is 2.43. The zero-order chi connectivity index (χ0) is 10.6. The number of methoxy groups -OCH3 is 1. The largest absolute Gasteiger partial charge is 0.497 e. The van der Waals surface area contributed by atoms with Gasteiger partial charge in [-0.3, -0.25) is 4.79 Å². The predicted octanol–water partition coefficient (Wildman–Crippen LogP) is 2.92. The van der Waals surface area contributed by atoms with Gasteiger partial charge in [0.05, 0.1) is 7.11 Å². The first-order chi connectivity index (χ1) is 6.69.